The lowest BCUT2D eigenvalue weighted by atomic mass is 9.97. The predicted octanol–water partition coefficient (Wildman–Crippen LogP) is 1.34. The van der Waals surface area contributed by atoms with Gasteiger partial charge in [-0.15, -0.1) is 0 Å². The maximum Gasteiger partial charge on any atom is 0.0851 e. The van der Waals surface area contributed by atoms with E-state index in [9.17, 15) is 5.11 Å². The zero-order chi connectivity index (χ0) is 9.97. The van der Waals surface area contributed by atoms with Crippen LogP contribution in [0.25, 0.3) is 5.57 Å². The smallest absolute Gasteiger partial charge is 0.0851 e. The van der Waals surface area contributed by atoms with E-state index in [-0.39, 0.29) is 6.10 Å². The third-order valence-electron chi connectivity index (χ3n) is 2.55. The van der Waals surface area contributed by atoms with Gasteiger partial charge in [0, 0.05) is 13.1 Å². The van der Waals surface area contributed by atoms with E-state index in [1.54, 1.807) is 0 Å². The van der Waals surface area contributed by atoms with Gasteiger partial charge in [-0.05, 0) is 29.7 Å². The molecule has 1 aromatic carbocycles. The predicted molar refractivity (Wildman–Crippen MR) is 58.0 cm³/mol. The molecule has 0 radical (unpaired) electrons. The molecule has 14 heavy (non-hydrogen) atoms. The van der Waals surface area contributed by atoms with Crippen molar-refractivity contribution in [2.45, 2.75) is 13.0 Å². The third kappa shape index (κ3) is 1.86. The molecule has 0 saturated carbocycles. The quantitative estimate of drug-likeness (QED) is 0.698. The number of benzene rings is 1. The summed E-state index contributed by atoms with van der Waals surface area (Å²) in [6, 6.07) is 8.26. The average Bonchev–Trinajstić information content (AvgIpc) is 2.18. The van der Waals surface area contributed by atoms with Gasteiger partial charge in [0.25, 0.3) is 0 Å². The van der Waals surface area contributed by atoms with Crippen molar-refractivity contribution >= 4 is 5.57 Å². The number of aliphatic hydroxyl groups excluding tert-OH is 1. The summed E-state index contributed by atoms with van der Waals surface area (Å²) >= 11 is 0. The molecular weight excluding hydrogens is 174 g/mol. The van der Waals surface area contributed by atoms with Crippen molar-refractivity contribution in [2.24, 2.45) is 0 Å². The summed E-state index contributed by atoms with van der Waals surface area (Å²) in [4.78, 5) is 0. The Kier molecular flexibility index (Phi) is 2.66. The molecule has 2 heteroatoms. The normalized spacial score (nSPS) is 21.9. The first-order chi connectivity index (χ1) is 6.77. The van der Waals surface area contributed by atoms with Gasteiger partial charge in [-0.3, -0.25) is 0 Å². The Labute approximate surface area is 84.3 Å². The minimum atomic E-state index is -0.349. The largest absolute Gasteiger partial charge is 0.388 e. The molecule has 0 aliphatic carbocycles. The first-order valence-electron chi connectivity index (χ1n) is 4.93. The lowest BCUT2D eigenvalue weighted by molar-refractivity contribution is 0.217. The molecule has 1 aliphatic rings. The van der Waals surface area contributed by atoms with Crippen LogP contribution in [-0.4, -0.2) is 24.3 Å². The van der Waals surface area contributed by atoms with E-state index < -0.39 is 0 Å². The Morgan fingerprint density at radius 3 is 2.86 bits per heavy atom. The van der Waals surface area contributed by atoms with Crippen LogP contribution in [-0.2, 0) is 0 Å². The highest BCUT2D eigenvalue weighted by molar-refractivity contribution is 5.70. The second-order valence-corrected chi connectivity index (χ2v) is 3.71. The number of rotatable bonds is 1. The van der Waals surface area contributed by atoms with E-state index in [0.29, 0.717) is 6.54 Å². The second-order valence-electron chi connectivity index (χ2n) is 3.71. The highest BCUT2D eigenvalue weighted by atomic mass is 16.3. The molecule has 0 bridgehead atoms. The van der Waals surface area contributed by atoms with E-state index >= 15 is 0 Å². The Morgan fingerprint density at radius 2 is 2.14 bits per heavy atom. The molecule has 0 fully saturated rings. The number of nitrogens with one attached hydrogen (secondary N) is 1. The van der Waals surface area contributed by atoms with E-state index in [4.69, 9.17) is 0 Å². The van der Waals surface area contributed by atoms with Gasteiger partial charge < -0.3 is 10.4 Å². The summed E-state index contributed by atoms with van der Waals surface area (Å²) in [5.74, 6) is 0. The summed E-state index contributed by atoms with van der Waals surface area (Å²) in [5, 5.41) is 12.7. The van der Waals surface area contributed by atoms with Crippen molar-refractivity contribution in [3.63, 3.8) is 0 Å². The molecule has 0 saturated heterocycles. The molecule has 1 atom stereocenters. The van der Waals surface area contributed by atoms with Crippen LogP contribution >= 0.6 is 0 Å². The molecule has 1 aliphatic heterocycles. The second kappa shape index (κ2) is 3.95. The first-order valence-corrected chi connectivity index (χ1v) is 4.93. The average molecular weight is 189 g/mol. The number of hydrogen-bond acceptors (Lipinski definition) is 2. The van der Waals surface area contributed by atoms with Crippen LogP contribution in [0.5, 0.6) is 0 Å². The van der Waals surface area contributed by atoms with Crippen LogP contribution in [0, 0.1) is 6.92 Å². The van der Waals surface area contributed by atoms with Gasteiger partial charge in [-0.2, -0.15) is 0 Å². The molecule has 1 unspecified atom stereocenters. The van der Waals surface area contributed by atoms with Crippen molar-refractivity contribution < 1.29 is 5.11 Å². The van der Waals surface area contributed by atoms with Gasteiger partial charge in [0.2, 0.25) is 0 Å². The summed E-state index contributed by atoms with van der Waals surface area (Å²) in [5.41, 5.74) is 3.69. The maximum absolute atomic E-state index is 9.49. The van der Waals surface area contributed by atoms with Crippen LogP contribution in [0.2, 0.25) is 0 Å². The molecule has 74 valence electrons. The maximum atomic E-state index is 9.49. The summed E-state index contributed by atoms with van der Waals surface area (Å²) in [6.45, 7) is 3.61. The molecule has 0 aromatic heterocycles. The van der Waals surface area contributed by atoms with Crippen molar-refractivity contribution in [2.75, 3.05) is 13.1 Å². The SMILES string of the molecule is Cc1ccccc1C1=CC(O)CNC1. The summed E-state index contributed by atoms with van der Waals surface area (Å²) in [6.07, 6.45) is 1.59. The Bertz CT molecular complexity index is 357. The van der Waals surface area contributed by atoms with Crippen molar-refractivity contribution in [1.29, 1.82) is 0 Å². The van der Waals surface area contributed by atoms with Gasteiger partial charge in [-0.25, -0.2) is 0 Å². The molecule has 2 N–H and O–H groups in total. The molecular formula is C12H15NO. The fourth-order valence-electron chi connectivity index (χ4n) is 1.82. The van der Waals surface area contributed by atoms with Crippen LogP contribution < -0.4 is 5.32 Å². The van der Waals surface area contributed by atoms with Crippen molar-refractivity contribution in [3.05, 3.63) is 41.5 Å². The third-order valence-corrected chi connectivity index (χ3v) is 2.55. The Balaban J connectivity index is 2.35. The number of aryl methyl sites for hydroxylation is 1. The fourth-order valence-corrected chi connectivity index (χ4v) is 1.82. The summed E-state index contributed by atoms with van der Waals surface area (Å²) < 4.78 is 0. The van der Waals surface area contributed by atoms with Gasteiger partial charge in [-0.1, -0.05) is 24.3 Å². The van der Waals surface area contributed by atoms with E-state index in [0.717, 1.165) is 6.54 Å². The minimum Gasteiger partial charge on any atom is -0.388 e. The fraction of sp³-hybridized carbons (Fsp3) is 0.333. The highest BCUT2D eigenvalue weighted by Gasteiger charge is 2.12. The van der Waals surface area contributed by atoms with Crippen molar-refractivity contribution in [1.82, 2.24) is 5.32 Å². The van der Waals surface area contributed by atoms with Crippen molar-refractivity contribution in [3.8, 4) is 0 Å². The number of β-amino-alcohol motifs (C(OH)–C–C–N with tert-alkyl or cyclic N) is 1. The number of hydrogen-bond donors (Lipinski definition) is 2. The lowest BCUT2D eigenvalue weighted by Gasteiger charge is -2.19. The van der Waals surface area contributed by atoms with E-state index in [2.05, 4.69) is 24.4 Å². The standard InChI is InChI=1S/C12H15NO/c1-9-4-2-3-5-12(9)10-6-11(14)8-13-7-10/h2-6,11,13-14H,7-8H2,1H3. The van der Waals surface area contributed by atoms with Gasteiger partial charge in [0.05, 0.1) is 6.10 Å². The number of aliphatic hydroxyl groups is 1. The highest BCUT2D eigenvalue weighted by Crippen LogP contribution is 2.20. The molecule has 2 rings (SSSR count). The van der Waals surface area contributed by atoms with E-state index in [1.807, 2.05) is 18.2 Å². The van der Waals surface area contributed by atoms with E-state index in [1.165, 1.54) is 16.7 Å². The monoisotopic (exact) mass is 189 g/mol. The zero-order valence-electron chi connectivity index (χ0n) is 8.33. The Morgan fingerprint density at radius 1 is 1.36 bits per heavy atom. The zero-order valence-corrected chi connectivity index (χ0v) is 8.33. The summed E-state index contributed by atoms with van der Waals surface area (Å²) in [7, 11) is 0. The van der Waals surface area contributed by atoms with Gasteiger partial charge in [0.1, 0.15) is 0 Å². The van der Waals surface area contributed by atoms with Crippen LogP contribution in [0.3, 0.4) is 0 Å². The molecule has 1 aromatic rings. The minimum absolute atomic E-state index is 0.349. The molecule has 1 heterocycles. The molecule has 2 nitrogen and oxygen atoms in total. The molecule has 0 amide bonds. The van der Waals surface area contributed by atoms with Crippen LogP contribution in [0.4, 0.5) is 0 Å². The topological polar surface area (TPSA) is 32.3 Å². The van der Waals surface area contributed by atoms with Crippen LogP contribution in [0.1, 0.15) is 11.1 Å². The van der Waals surface area contributed by atoms with Gasteiger partial charge in [0.15, 0.2) is 0 Å². The van der Waals surface area contributed by atoms with Gasteiger partial charge >= 0.3 is 0 Å². The molecule has 0 spiro atoms. The Hall–Kier alpha value is -1.12. The lowest BCUT2D eigenvalue weighted by Crippen LogP contribution is -2.31. The first kappa shape index (κ1) is 9.44. The van der Waals surface area contributed by atoms with Crippen LogP contribution in [0.15, 0.2) is 30.3 Å².